The van der Waals surface area contributed by atoms with Gasteiger partial charge in [0.15, 0.2) is 0 Å². The number of nitrogens with zero attached hydrogens (tertiary/aromatic N) is 2. The zero-order valence-electron chi connectivity index (χ0n) is 22.8. The first kappa shape index (κ1) is 24.2. The summed E-state index contributed by atoms with van der Waals surface area (Å²) < 4.78 is 6.48. The first-order chi connectivity index (χ1) is 20.8. The number of hydrogen-bond acceptors (Lipinski definition) is 3. The summed E-state index contributed by atoms with van der Waals surface area (Å²) in [6.45, 7) is 0. The largest absolute Gasteiger partial charge is 0.455 e. The van der Waals surface area contributed by atoms with Gasteiger partial charge in [0, 0.05) is 51.7 Å². The molecule has 0 unspecified atom stereocenters. The maximum atomic E-state index is 6.48. The third-order valence-corrected chi connectivity index (χ3v) is 7.96. The predicted octanol–water partition coefficient (Wildman–Crippen LogP) is 10.9. The summed E-state index contributed by atoms with van der Waals surface area (Å²) in [5, 5.41) is 4.35. The molecule has 0 bridgehead atoms. The highest BCUT2D eigenvalue weighted by molar-refractivity contribution is 6.15. The van der Waals surface area contributed by atoms with E-state index in [4.69, 9.17) is 4.42 Å². The van der Waals surface area contributed by atoms with Crippen LogP contribution in [0.2, 0.25) is 0 Å². The van der Waals surface area contributed by atoms with Gasteiger partial charge < -0.3 is 9.32 Å². The molecule has 0 fully saturated rings. The summed E-state index contributed by atoms with van der Waals surface area (Å²) in [5.41, 5.74) is 9.75. The number of benzene rings is 6. The lowest BCUT2D eigenvalue weighted by Gasteiger charge is -2.25. The van der Waals surface area contributed by atoms with E-state index in [1.165, 1.54) is 22.3 Å². The molecule has 8 rings (SSSR count). The lowest BCUT2D eigenvalue weighted by atomic mass is 10.00. The number of para-hydroxylation sites is 1. The third kappa shape index (κ3) is 4.20. The highest BCUT2D eigenvalue weighted by Crippen LogP contribution is 2.40. The van der Waals surface area contributed by atoms with Crippen LogP contribution in [0.25, 0.3) is 55.0 Å². The van der Waals surface area contributed by atoms with Gasteiger partial charge in [-0.2, -0.15) is 0 Å². The van der Waals surface area contributed by atoms with E-state index in [1.807, 2.05) is 30.6 Å². The molecule has 0 N–H and O–H groups in total. The Morgan fingerprint density at radius 3 is 1.74 bits per heavy atom. The van der Waals surface area contributed by atoms with Crippen molar-refractivity contribution in [3.8, 4) is 22.3 Å². The van der Waals surface area contributed by atoms with Crippen LogP contribution >= 0.6 is 0 Å². The standard InChI is InChI=1S/C39H26N2O/c1-3-7-27(8-4-1)28-11-13-29(14-12-28)30-15-18-33(19-16-30)41(32-9-5-2-6-10-32)34-20-22-35-36-21-17-31-23-24-40-26-37(31)39(36)42-38(35)25-34/h1-26H. The zero-order chi connectivity index (χ0) is 27.9. The molecule has 0 amide bonds. The SMILES string of the molecule is c1ccc(-c2ccc(-c3ccc(N(c4ccccc4)c4ccc5c(c4)oc4c6cnccc6ccc54)cc3)cc2)cc1. The molecule has 6 aromatic carbocycles. The maximum absolute atomic E-state index is 6.48. The van der Waals surface area contributed by atoms with E-state index in [-0.39, 0.29) is 0 Å². The molecule has 8 aromatic rings. The van der Waals surface area contributed by atoms with Crippen LogP contribution in [0, 0.1) is 0 Å². The van der Waals surface area contributed by atoms with Crippen molar-refractivity contribution in [2.75, 3.05) is 4.90 Å². The van der Waals surface area contributed by atoms with Crippen molar-refractivity contribution in [1.82, 2.24) is 4.98 Å². The molecular weight excluding hydrogens is 512 g/mol. The molecule has 0 aliphatic heterocycles. The number of rotatable bonds is 5. The molecule has 0 saturated carbocycles. The van der Waals surface area contributed by atoms with E-state index in [0.717, 1.165) is 49.8 Å². The van der Waals surface area contributed by atoms with Crippen molar-refractivity contribution in [3.05, 3.63) is 158 Å². The molecule has 0 saturated heterocycles. The summed E-state index contributed by atoms with van der Waals surface area (Å²) in [4.78, 5) is 6.61. The second kappa shape index (κ2) is 10.1. The third-order valence-electron chi connectivity index (χ3n) is 7.96. The van der Waals surface area contributed by atoms with Gasteiger partial charge in [-0.1, -0.05) is 91.0 Å². The average Bonchev–Trinajstić information content (AvgIpc) is 3.45. The van der Waals surface area contributed by atoms with Gasteiger partial charge in [-0.15, -0.1) is 0 Å². The van der Waals surface area contributed by atoms with Gasteiger partial charge in [0.25, 0.3) is 0 Å². The summed E-state index contributed by atoms with van der Waals surface area (Å²) in [5.74, 6) is 0. The van der Waals surface area contributed by atoms with E-state index in [0.29, 0.717) is 0 Å². The van der Waals surface area contributed by atoms with E-state index in [1.54, 1.807) is 0 Å². The molecule has 42 heavy (non-hydrogen) atoms. The fourth-order valence-corrected chi connectivity index (χ4v) is 5.84. The minimum Gasteiger partial charge on any atom is -0.455 e. The molecule has 0 aliphatic rings. The Bertz CT molecular complexity index is 2170. The number of hydrogen-bond donors (Lipinski definition) is 0. The fourth-order valence-electron chi connectivity index (χ4n) is 5.84. The predicted molar refractivity (Wildman–Crippen MR) is 175 cm³/mol. The van der Waals surface area contributed by atoms with Gasteiger partial charge in [-0.25, -0.2) is 0 Å². The topological polar surface area (TPSA) is 29.3 Å². The van der Waals surface area contributed by atoms with Crippen LogP contribution in [-0.2, 0) is 0 Å². The first-order valence-electron chi connectivity index (χ1n) is 14.1. The van der Waals surface area contributed by atoms with Crippen molar-refractivity contribution >= 4 is 49.8 Å². The van der Waals surface area contributed by atoms with Crippen LogP contribution in [0.3, 0.4) is 0 Å². The maximum Gasteiger partial charge on any atom is 0.144 e. The normalized spacial score (nSPS) is 11.3. The lowest BCUT2D eigenvalue weighted by Crippen LogP contribution is -2.09. The first-order valence-corrected chi connectivity index (χ1v) is 14.1. The van der Waals surface area contributed by atoms with Crippen LogP contribution in [-0.4, -0.2) is 4.98 Å². The Kier molecular flexibility index (Phi) is 5.79. The number of furan rings is 1. The molecule has 0 aliphatic carbocycles. The van der Waals surface area contributed by atoms with Crippen molar-refractivity contribution in [3.63, 3.8) is 0 Å². The summed E-state index contributed by atoms with van der Waals surface area (Å²) in [6, 6.07) is 51.3. The molecule has 2 aromatic heterocycles. The van der Waals surface area contributed by atoms with E-state index >= 15 is 0 Å². The molecule has 0 atom stereocenters. The Labute approximate surface area is 243 Å². The van der Waals surface area contributed by atoms with Crippen molar-refractivity contribution < 1.29 is 4.42 Å². The van der Waals surface area contributed by atoms with Crippen LogP contribution < -0.4 is 4.90 Å². The fraction of sp³-hybridized carbons (Fsp3) is 0. The average molecular weight is 539 g/mol. The van der Waals surface area contributed by atoms with Crippen LogP contribution in [0.15, 0.2) is 162 Å². The summed E-state index contributed by atoms with van der Waals surface area (Å²) in [6.07, 6.45) is 3.70. The minimum absolute atomic E-state index is 0.856. The van der Waals surface area contributed by atoms with Gasteiger partial charge in [0.1, 0.15) is 11.2 Å². The van der Waals surface area contributed by atoms with Gasteiger partial charge in [0.05, 0.1) is 0 Å². The lowest BCUT2D eigenvalue weighted by molar-refractivity contribution is 0.672. The molecule has 198 valence electrons. The molecular formula is C39H26N2O. The zero-order valence-corrected chi connectivity index (χ0v) is 22.8. The Morgan fingerprint density at radius 1 is 0.452 bits per heavy atom. The Balaban J connectivity index is 1.18. The highest BCUT2D eigenvalue weighted by Gasteiger charge is 2.16. The Hall–Kier alpha value is -5.67. The van der Waals surface area contributed by atoms with E-state index in [2.05, 4.69) is 137 Å². The molecule has 0 spiro atoms. The second-order valence-corrected chi connectivity index (χ2v) is 10.5. The monoisotopic (exact) mass is 538 g/mol. The number of anilines is 3. The van der Waals surface area contributed by atoms with Gasteiger partial charge in [0.2, 0.25) is 0 Å². The summed E-state index contributed by atoms with van der Waals surface area (Å²) in [7, 11) is 0. The molecule has 3 heteroatoms. The number of aromatic nitrogens is 1. The smallest absolute Gasteiger partial charge is 0.144 e. The van der Waals surface area contributed by atoms with Crippen LogP contribution in [0.1, 0.15) is 0 Å². The van der Waals surface area contributed by atoms with E-state index in [9.17, 15) is 0 Å². The quantitative estimate of drug-likeness (QED) is 0.218. The molecule has 2 heterocycles. The minimum atomic E-state index is 0.856. The highest BCUT2D eigenvalue weighted by atomic mass is 16.3. The van der Waals surface area contributed by atoms with Crippen LogP contribution in [0.5, 0.6) is 0 Å². The van der Waals surface area contributed by atoms with Crippen molar-refractivity contribution in [2.24, 2.45) is 0 Å². The van der Waals surface area contributed by atoms with E-state index < -0.39 is 0 Å². The summed E-state index contributed by atoms with van der Waals surface area (Å²) >= 11 is 0. The number of fused-ring (bicyclic) bond motifs is 5. The molecule has 0 radical (unpaired) electrons. The van der Waals surface area contributed by atoms with Crippen molar-refractivity contribution in [1.29, 1.82) is 0 Å². The number of pyridine rings is 1. The van der Waals surface area contributed by atoms with Gasteiger partial charge in [-0.3, -0.25) is 4.98 Å². The van der Waals surface area contributed by atoms with Gasteiger partial charge in [-0.05, 0) is 76.2 Å². The van der Waals surface area contributed by atoms with Gasteiger partial charge >= 0.3 is 0 Å². The van der Waals surface area contributed by atoms with Crippen LogP contribution in [0.4, 0.5) is 17.1 Å². The molecule has 3 nitrogen and oxygen atoms in total. The van der Waals surface area contributed by atoms with Crippen molar-refractivity contribution in [2.45, 2.75) is 0 Å². The second-order valence-electron chi connectivity index (χ2n) is 10.5. The Morgan fingerprint density at radius 2 is 1.02 bits per heavy atom.